The second-order valence-electron chi connectivity index (χ2n) is 7.20. The van der Waals surface area contributed by atoms with Crippen molar-refractivity contribution in [1.29, 1.82) is 0 Å². The van der Waals surface area contributed by atoms with Gasteiger partial charge >= 0.3 is 0 Å². The zero-order valence-electron chi connectivity index (χ0n) is 17.9. The highest BCUT2D eigenvalue weighted by atomic mass is 35.5. The Kier molecular flexibility index (Phi) is 7.23. The number of methoxy groups -OCH3 is 1. The molecule has 1 amide bonds. The second kappa shape index (κ2) is 9.88. The summed E-state index contributed by atoms with van der Waals surface area (Å²) in [5.74, 6) is -0.602. The van der Waals surface area contributed by atoms with Gasteiger partial charge in [0.1, 0.15) is 17.3 Å². The number of amides is 1. The van der Waals surface area contributed by atoms with E-state index in [2.05, 4.69) is 0 Å². The molecule has 31 heavy (non-hydrogen) atoms. The van der Waals surface area contributed by atoms with E-state index in [9.17, 15) is 14.7 Å². The first-order valence-electron chi connectivity index (χ1n) is 10.3. The van der Waals surface area contributed by atoms with Crippen LogP contribution >= 0.6 is 11.6 Å². The number of nitrogens with zero attached hydrogens (tertiary/aromatic N) is 1. The number of aliphatic hydroxyl groups excluding tert-OH is 1. The van der Waals surface area contributed by atoms with Gasteiger partial charge in [0.05, 0.1) is 30.4 Å². The smallest absolute Gasteiger partial charge is 0.295 e. The maximum atomic E-state index is 13.0. The van der Waals surface area contributed by atoms with Gasteiger partial charge in [0.25, 0.3) is 11.7 Å². The predicted octanol–water partition coefficient (Wildman–Crippen LogP) is 4.97. The van der Waals surface area contributed by atoms with E-state index >= 15 is 0 Å². The van der Waals surface area contributed by atoms with Crippen LogP contribution in [0.4, 0.5) is 0 Å². The number of rotatable bonds is 8. The number of carbonyl (C=O) groups is 2. The van der Waals surface area contributed by atoms with Crippen molar-refractivity contribution in [2.45, 2.75) is 32.7 Å². The summed E-state index contributed by atoms with van der Waals surface area (Å²) >= 11 is 6.31. The molecule has 0 saturated carbocycles. The fourth-order valence-electron chi connectivity index (χ4n) is 3.68. The molecule has 0 radical (unpaired) electrons. The van der Waals surface area contributed by atoms with E-state index in [4.69, 9.17) is 21.1 Å². The van der Waals surface area contributed by atoms with Crippen molar-refractivity contribution >= 4 is 29.1 Å². The summed E-state index contributed by atoms with van der Waals surface area (Å²) in [4.78, 5) is 27.5. The minimum absolute atomic E-state index is 0.00454. The van der Waals surface area contributed by atoms with Gasteiger partial charge in [0.15, 0.2) is 0 Å². The van der Waals surface area contributed by atoms with E-state index in [1.165, 1.54) is 12.0 Å². The Morgan fingerprint density at radius 3 is 2.58 bits per heavy atom. The van der Waals surface area contributed by atoms with Crippen LogP contribution in [0.25, 0.3) is 5.76 Å². The summed E-state index contributed by atoms with van der Waals surface area (Å²) in [6.07, 6.45) is 1.59. The molecular weight excluding hydrogens is 418 g/mol. The lowest BCUT2D eigenvalue weighted by Gasteiger charge is -2.25. The zero-order valence-corrected chi connectivity index (χ0v) is 18.6. The van der Waals surface area contributed by atoms with Crippen molar-refractivity contribution in [2.75, 3.05) is 20.3 Å². The number of hydrogen-bond acceptors (Lipinski definition) is 5. The molecule has 1 aliphatic rings. The van der Waals surface area contributed by atoms with Crippen LogP contribution in [0.1, 0.15) is 43.9 Å². The van der Waals surface area contributed by atoms with Crippen LogP contribution in [0.3, 0.4) is 0 Å². The molecule has 7 heteroatoms. The third-order valence-corrected chi connectivity index (χ3v) is 5.54. The van der Waals surface area contributed by atoms with E-state index in [1.54, 1.807) is 30.3 Å². The molecule has 1 aliphatic heterocycles. The normalized spacial score (nSPS) is 17.8. The molecule has 2 aromatic carbocycles. The Bertz CT molecular complexity index is 1020. The maximum Gasteiger partial charge on any atom is 0.295 e. The van der Waals surface area contributed by atoms with Gasteiger partial charge in [0, 0.05) is 12.1 Å². The molecule has 1 unspecified atom stereocenters. The van der Waals surface area contributed by atoms with Crippen LogP contribution in [0.15, 0.2) is 48.0 Å². The predicted molar refractivity (Wildman–Crippen MR) is 120 cm³/mol. The standard InChI is InChI=1S/C24H26ClNO5/c1-4-6-12-26-21(15-8-7-9-17(13-15)31-5-2)20(23(28)24(26)29)22(27)18-14-16(30-3)10-11-19(18)25/h7-11,13-14,21,27H,4-6,12H2,1-3H3/b22-20+. The molecule has 6 nitrogen and oxygen atoms in total. The summed E-state index contributed by atoms with van der Waals surface area (Å²) in [6, 6.07) is 11.3. The van der Waals surface area contributed by atoms with E-state index in [0.717, 1.165) is 12.8 Å². The van der Waals surface area contributed by atoms with Crippen molar-refractivity contribution < 1.29 is 24.2 Å². The molecule has 0 aliphatic carbocycles. The van der Waals surface area contributed by atoms with Crippen molar-refractivity contribution in [2.24, 2.45) is 0 Å². The van der Waals surface area contributed by atoms with Gasteiger partial charge in [-0.1, -0.05) is 37.1 Å². The number of aliphatic hydroxyl groups is 1. The highest BCUT2D eigenvalue weighted by Crippen LogP contribution is 2.41. The minimum atomic E-state index is -0.741. The Balaban J connectivity index is 2.20. The van der Waals surface area contributed by atoms with Crippen LogP contribution in [0, 0.1) is 0 Å². The molecule has 1 saturated heterocycles. The quantitative estimate of drug-likeness (QED) is 0.354. The van der Waals surface area contributed by atoms with E-state index < -0.39 is 17.7 Å². The van der Waals surface area contributed by atoms with Crippen molar-refractivity contribution in [3.05, 3.63) is 64.2 Å². The summed E-state index contributed by atoms with van der Waals surface area (Å²) in [5, 5.41) is 11.4. The first kappa shape index (κ1) is 22.7. The van der Waals surface area contributed by atoms with E-state index in [0.29, 0.717) is 30.2 Å². The highest BCUT2D eigenvalue weighted by molar-refractivity contribution is 6.47. The van der Waals surface area contributed by atoms with Gasteiger partial charge in [-0.25, -0.2) is 0 Å². The number of hydrogen-bond donors (Lipinski definition) is 1. The lowest BCUT2D eigenvalue weighted by Crippen LogP contribution is -2.30. The lowest BCUT2D eigenvalue weighted by atomic mass is 9.95. The SMILES string of the molecule is CCCCN1C(=O)C(=O)/C(=C(/O)c2cc(OC)ccc2Cl)C1c1cccc(OCC)c1. The van der Waals surface area contributed by atoms with Gasteiger partial charge in [-0.05, 0) is 49.2 Å². The number of benzene rings is 2. The number of carbonyl (C=O) groups excluding carboxylic acids is 2. The van der Waals surface area contributed by atoms with Crippen molar-refractivity contribution in [1.82, 2.24) is 4.90 Å². The molecule has 0 aromatic heterocycles. The second-order valence-corrected chi connectivity index (χ2v) is 7.60. The Labute approximate surface area is 187 Å². The third kappa shape index (κ3) is 4.54. The number of ether oxygens (including phenoxy) is 2. The summed E-state index contributed by atoms with van der Waals surface area (Å²) in [6.45, 7) is 4.77. The average Bonchev–Trinajstić information content (AvgIpc) is 3.02. The fourth-order valence-corrected chi connectivity index (χ4v) is 3.89. The van der Waals surface area contributed by atoms with Crippen LogP contribution < -0.4 is 9.47 Å². The van der Waals surface area contributed by atoms with Crippen LogP contribution in [0.2, 0.25) is 5.02 Å². The van der Waals surface area contributed by atoms with Crippen LogP contribution in [-0.2, 0) is 9.59 Å². The van der Waals surface area contributed by atoms with Gasteiger partial charge in [-0.15, -0.1) is 0 Å². The first-order valence-corrected chi connectivity index (χ1v) is 10.7. The molecule has 164 valence electrons. The molecule has 1 atom stereocenters. The van der Waals surface area contributed by atoms with Gasteiger partial charge in [-0.3, -0.25) is 9.59 Å². The number of halogens is 1. The summed E-state index contributed by atoms with van der Waals surface area (Å²) in [7, 11) is 1.50. The van der Waals surface area contributed by atoms with Gasteiger partial charge in [0.2, 0.25) is 0 Å². The molecular formula is C24H26ClNO5. The van der Waals surface area contributed by atoms with E-state index in [1.807, 2.05) is 26.0 Å². The van der Waals surface area contributed by atoms with Crippen molar-refractivity contribution in [3.8, 4) is 11.5 Å². The summed E-state index contributed by atoms with van der Waals surface area (Å²) in [5.41, 5.74) is 0.923. The average molecular weight is 444 g/mol. The Morgan fingerprint density at radius 1 is 1.13 bits per heavy atom. The molecule has 0 spiro atoms. The Hall–Kier alpha value is -2.99. The van der Waals surface area contributed by atoms with Crippen LogP contribution in [-0.4, -0.2) is 42.0 Å². The maximum absolute atomic E-state index is 13.0. The number of unbranched alkanes of at least 4 members (excludes halogenated alkanes) is 1. The van der Waals surface area contributed by atoms with Gasteiger partial charge < -0.3 is 19.5 Å². The number of likely N-dealkylation sites (tertiary alicyclic amines) is 1. The monoisotopic (exact) mass is 443 g/mol. The molecule has 0 bridgehead atoms. The topological polar surface area (TPSA) is 76.1 Å². The Morgan fingerprint density at radius 2 is 1.90 bits per heavy atom. The summed E-state index contributed by atoms with van der Waals surface area (Å²) < 4.78 is 10.8. The third-order valence-electron chi connectivity index (χ3n) is 5.21. The number of Topliss-reactive ketones (excluding diaryl/α,β-unsaturated/α-hetero) is 1. The highest BCUT2D eigenvalue weighted by Gasteiger charge is 2.46. The fraction of sp³-hybridized carbons (Fsp3) is 0.333. The molecule has 1 heterocycles. The zero-order chi connectivity index (χ0) is 22.5. The lowest BCUT2D eigenvalue weighted by molar-refractivity contribution is -0.139. The van der Waals surface area contributed by atoms with Crippen molar-refractivity contribution in [3.63, 3.8) is 0 Å². The molecule has 2 aromatic rings. The van der Waals surface area contributed by atoms with Crippen LogP contribution in [0.5, 0.6) is 11.5 Å². The largest absolute Gasteiger partial charge is 0.507 e. The molecule has 3 rings (SSSR count). The minimum Gasteiger partial charge on any atom is -0.507 e. The first-order chi connectivity index (χ1) is 14.9. The van der Waals surface area contributed by atoms with Gasteiger partial charge in [-0.2, -0.15) is 0 Å². The molecule has 1 fully saturated rings. The number of ketones is 1. The van der Waals surface area contributed by atoms with E-state index in [-0.39, 0.29) is 21.9 Å². The molecule has 1 N–H and O–H groups in total.